The first-order chi connectivity index (χ1) is 6.81. The zero-order chi connectivity index (χ0) is 10.6. The topological polar surface area (TPSA) is 76.0 Å². The molecule has 84 valence electrons. The second kappa shape index (κ2) is 10.3. The van der Waals surface area contributed by atoms with Crippen molar-refractivity contribution in [3.8, 4) is 0 Å². The number of aliphatic hydroxyl groups excluding tert-OH is 2. The molecule has 0 aliphatic carbocycles. The average Bonchev–Trinajstić information content (AvgIpc) is 2.32. The molecule has 0 aromatic carbocycles. The fourth-order valence-electron chi connectivity index (χ4n) is 0.910. The maximum absolute atomic E-state index is 10.5. The van der Waals surface area contributed by atoms with E-state index in [-0.39, 0.29) is 13.2 Å². The molecule has 0 amide bonds. The van der Waals surface area contributed by atoms with Gasteiger partial charge in [-0.25, -0.2) is 4.79 Å². The third kappa shape index (κ3) is 9.28. The first kappa shape index (κ1) is 13.2. The lowest BCUT2D eigenvalue weighted by Crippen LogP contribution is -2.07. The van der Waals surface area contributed by atoms with Gasteiger partial charge in [-0.15, -0.1) is 0 Å². The van der Waals surface area contributed by atoms with Crippen molar-refractivity contribution in [1.82, 2.24) is 0 Å². The lowest BCUT2D eigenvalue weighted by molar-refractivity contribution is 0.0580. The maximum Gasteiger partial charge on any atom is 0.508 e. The molecule has 0 atom stereocenters. The van der Waals surface area contributed by atoms with E-state index in [9.17, 15) is 4.79 Å². The highest BCUT2D eigenvalue weighted by atomic mass is 16.7. The van der Waals surface area contributed by atoms with E-state index >= 15 is 0 Å². The predicted octanol–water partition coefficient (Wildman–Crippen LogP) is 0.685. The van der Waals surface area contributed by atoms with Crippen LogP contribution in [-0.4, -0.2) is 42.8 Å². The van der Waals surface area contributed by atoms with Crippen LogP contribution >= 0.6 is 0 Å². The minimum absolute atomic E-state index is 0.125. The Labute approximate surface area is 83.6 Å². The maximum atomic E-state index is 10.5. The standard InChI is InChI=1S/C7H12O3.C2H6O2/c8-7-9-5-3-1-2-4-6-10-7;3-1-2-4/h1-6H2;3-4H,1-2H2. The Morgan fingerprint density at radius 2 is 1.36 bits per heavy atom. The number of carbonyl (C=O) groups excluding carboxylic acids is 1. The summed E-state index contributed by atoms with van der Waals surface area (Å²) in [6, 6.07) is 0. The molecule has 1 rings (SSSR count). The number of aliphatic hydroxyl groups is 2. The van der Waals surface area contributed by atoms with E-state index in [1.807, 2.05) is 0 Å². The number of carbonyl (C=O) groups is 1. The minimum atomic E-state index is -0.512. The van der Waals surface area contributed by atoms with E-state index in [0.29, 0.717) is 13.2 Å². The molecule has 1 aliphatic rings. The Morgan fingerprint density at radius 1 is 0.929 bits per heavy atom. The Hall–Kier alpha value is -0.810. The van der Waals surface area contributed by atoms with Gasteiger partial charge in [0.05, 0.1) is 26.4 Å². The first-order valence-corrected chi connectivity index (χ1v) is 4.82. The molecule has 0 radical (unpaired) electrons. The molecule has 0 unspecified atom stereocenters. The van der Waals surface area contributed by atoms with E-state index in [1.165, 1.54) is 0 Å². The normalized spacial score (nSPS) is 17.4. The Morgan fingerprint density at radius 3 is 1.71 bits per heavy atom. The van der Waals surface area contributed by atoms with Crippen molar-refractivity contribution in [1.29, 1.82) is 0 Å². The van der Waals surface area contributed by atoms with Crippen LogP contribution in [0, 0.1) is 0 Å². The van der Waals surface area contributed by atoms with Gasteiger partial charge >= 0.3 is 6.16 Å². The number of cyclic esters (lactones) is 2. The largest absolute Gasteiger partial charge is 0.508 e. The van der Waals surface area contributed by atoms with Gasteiger partial charge in [-0.2, -0.15) is 0 Å². The molecule has 0 aromatic heterocycles. The Bertz CT molecular complexity index is 123. The lowest BCUT2D eigenvalue weighted by Gasteiger charge is -2.00. The monoisotopic (exact) mass is 206 g/mol. The van der Waals surface area contributed by atoms with Crippen molar-refractivity contribution in [3.05, 3.63) is 0 Å². The van der Waals surface area contributed by atoms with Crippen molar-refractivity contribution in [2.75, 3.05) is 26.4 Å². The molecule has 1 saturated heterocycles. The van der Waals surface area contributed by atoms with Gasteiger partial charge in [0.1, 0.15) is 0 Å². The molecule has 0 aromatic rings. The number of rotatable bonds is 1. The fraction of sp³-hybridized carbons (Fsp3) is 0.889. The molecule has 2 N–H and O–H groups in total. The van der Waals surface area contributed by atoms with Gasteiger partial charge in [0.15, 0.2) is 0 Å². The van der Waals surface area contributed by atoms with Crippen LogP contribution in [0.2, 0.25) is 0 Å². The molecular formula is C9H18O5. The lowest BCUT2D eigenvalue weighted by atomic mass is 10.2. The number of ether oxygens (including phenoxy) is 2. The molecule has 0 spiro atoms. The predicted molar refractivity (Wildman–Crippen MR) is 49.9 cm³/mol. The molecule has 5 heteroatoms. The average molecular weight is 206 g/mol. The summed E-state index contributed by atoms with van der Waals surface area (Å²) in [5.74, 6) is 0. The van der Waals surface area contributed by atoms with E-state index in [2.05, 4.69) is 0 Å². The van der Waals surface area contributed by atoms with Crippen LogP contribution in [0.5, 0.6) is 0 Å². The van der Waals surface area contributed by atoms with E-state index in [0.717, 1.165) is 25.7 Å². The van der Waals surface area contributed by atoms with E-state index < -0.39 is 6.16 Å². The smallest absolute Gasteiger partial charge is 0.434 e. The van der Waals surface area contributed by atoms with Gasteiger partial charge in [0.2, 0.25) is 0 Å². The Balaban J connectivity index is 0.000000364. The van der Waals surface area contributed by atoms with Crippen LogP contribution in [0.3, 0.4) is 0 Å². The van der Waals surface area contributed by atoms with E-state index in [4.69, 9.17) is 19.7 Å². The highest BCUT2D eigenvalue weighted by Crippen LogP contribution is 2.04. The molecule has 5 nitrogen and oxygen atoms in total. The fourth-order valence-corrected chi connectivity index (χ4v) is 0.910. The molecule has 0 bridgehead atoms. The highest BCUT2D eigenvalue weighted by Gasteiger charge is 2.04. The number of hydrogen-bond acceptors (Lipinski definition) is 5. The van der Waals surface area contributed by atoms with E-state index in [1.54, 1.807) is 0 Å². The molecule has 14 heavy (non-hydrogen) atoms. The Kier molecular flexibility index (Phi) is 9.68. The number of hydrogen-bond donors (Lipinski definition) is 2. The van der Waals surface area contributed by atoms with Crippen molar-refractivity contribution < 1.29 is 24.5 Å². The van der Waals surface area contributed by atoms with Gasteiger partial charge in [0.25, 0.3) is 0 Å². The summed E-state index contributed by atoms with van der Waals surface area (Å²) in [7, 11) is 0. The highest BCUT2D eigenvalue weighted by molar-refractivity contribution is 5.59. The molecule has 1 fully saturated rings. The zero-order valence-corrected chi connectivity index (χ0v) is 8.28. The van der Waals surface area contributed by atoms with Gasteiger partial charge in [-0.1, -0.05) is 0 Å². The molecule has 1 aliphatic heterocycles. The quantitative estimate of drug-likeness (QED) is 0.617. The zero-order valence-electron chi connectivity index (χ0n) is 8.28. The summed E-state index contributed by atoms with van der Waals surface area (Å²) in [5.41, 5.74) is 0. The van der Waals surface area contributed by atoms with Crippen LogP contribution in [0.25, 0.3) is 0 Å². The van der Waals surface area contributed by atoms with Gasteiger partial charge in [-0.3, -0.25) is 0 Å². The van der Waals surface area contributed by atoms with Crippen molar-refractivity contribution in [2.45, 2.75) is 25.7 Å². The van der Waals surface area contributed by atoms with Crippen LogP contribution in [0.1, 0.15) is 25.7 Å². The molecule has 1 heterocycles. The van der Waals surface area contributed by atoms with Gasteiger partial charge in [-0.05, 0) is 25.7 Å². The third-order valence-corrected chi connectivity index (χ3v) is 1.58. The SMILES string of the molecule is O=C1OCCCCCCO1.OCCO. The van der Waals surface area contributed by atoms with Crippen LogP contribution in [-0.2, 0) is 9.47 Å². The summed E-state index contributed by atoms with van der Waals surface area (Å²) in [5, 5.41) is 15.2. The minimum Gasteiger partial charge on any atom is -0.434 e. The first-order valence-electron chi connectivity index (χ1n) is 4.82. The summed E-state index contributed by atoms with van der Waals surface area (Å²) >= 11 is 0. The summed E-state index contributed by atoms with van der Waals surface area (Å²) in [6.45, 7) is 0.775. The summed E-state index contributed by atoms with van der Waals surface area (Å²) in [6.07, 6.45) is 3.69. The second-order valence-corrected chi connectivity index (χ2v) is 2.81. The summed E-state index contributed by atoms with van der Waals surface area (Å²) < 4.78 is 9.40. The van der Waals surface area contributed by atoms with Crippen molar-refractivity contribution >= 4 is 6.16 Å². The molecular weight excluding hydrogens is 188 g/mol. The summed E-state index contributed by atoms with van der Waals surface area (Å²) in [4.78, 5) is 10.5. The van der Waals surface area contributed by atoms with Crippen LogP contribution in [0.15, 0.2) is 0 Å². The van der Waals surface area contributed by atoms with Crippen LogP contribution in [0.4, 0.5) is 4.79 Å². The second-order valence-electron chi connectivity index (χ2n) is 2.81. The third-order valence-electron chi connectivity index (χ3n) is 1.58. The van der Waals surface area contributed by atoms with Crippen molar-refractivity contribution in [3.63, 3.8) is 0 Å². The van der Waals surface area contributed by atoms with Crippen molar-refractivity contribution in [2.24, 2.45) is 0 Å². The van der Waals surface area contributed by atoms with Gasteiger partial charge < -0.3 is 19.7 Å². The van der Waals surface area contributed by atoms with Crippen LogP contribution < -0.4 is 0 Å². The molecule has 0 saturated carbocycles. The van der Waals surface area contributed by atoms with Gasteiger partial charge in [0, 0.05) is 0 Å².